The summed E-state index contributed by atoms with van der Waals surface area (Å²) < 4.78 is 0. The maximum Gasteiger partial charge on any atom is 0.0788 e. The normalized spacial score (nSPS) is 14.8. The molecule has 1 atom stereocenters. The standard InChI is InChI=1S/C10H17N3O/c1-3-10(2,14)7-13-9-4-5-12-6-8(9)11/h4-6,14H,3,7,11H2,1-2H3,(H,12,13). The molecule has 0 aliphatic rings. The average Bonchev–Trinajstić information content (AvgIpc) is 2.17. The Balaban J connectivity index is 2.58. The number of nitrogens with two attached hydrogens (primary N) is 1. The lowest BCUT2D eigenvalue weighted by Crippen LogP contribution is -2.32. The number of aromatic nitrogens is 1. The van der Waals surface area contributed by atoms with E-state index in [0.717, 1.165) is 5.69 Å². The SMILES string of the molecule is CCC(C)(O)CNc1ccncc1N. The van der Waals surface area contributed by atoms with Gasteiger partial charge in [-0.25, -0.2) is 0 Å². The maximum absolute atomic E-state index is 9.76. The zero-order chi connectivity index (χ0) is 10.6. The number of anilines is 2. The van der Waals surface area contributed by atoms with Crippen LogP contribution in [0.15, 0.2) is 18.5 Å². The second kappa shape index (κ2) is 4.28. The predicted octanol–water partition coefficient (Wildman–Crippen LogP) is 1.24. The van der Waals surface area contributed by atoms with E-state index in [0.29, 0.717) is 18.7 Å². The molecule has 0 fully saturated rings. The summed E-state index contributed by atoms with van der Waals surface area (Å²) in [6.45, 7) is 4.21. The Morgan fingerprint density at radius 1 is 1.64 bits per heavy atom. The number of nitrogens with one attached hydrogen (secondary N) is 1. The topological polar surface area (TPSA) is 71.2 Å². The van der Waals surface area contributed by atoms with Crippen molar-refractivity contribution in [1.29, 1.82) is 0 Å². The molecule has 0 spiro atoms. The van der Waals surface area contributed by atoms with Crippen LogP contribution in [0.2, 0.25) is 0 Å². The number of aliphatic hydroxyl groups is 1. The van der Waals surface area contributed by atoms with Crippen LogP contribution in [0.4, 0.5) is 11.4 Å². The monoisotopic (exact) mass is 195 g/mol. The smallest absolute Gasteiger partial charge is 0.0788 e. The summed E-state index contributed by atoms with van der Waals surface area (Å²) in [6.07, 6.45) is 3.95. The van der Waals surface area contributed by atoms with Crippen molar-refractivity contribution in [1.82, 2.24) is 4.98 Å². The summed E-state index contributed by atoms with van der Waals surface area (Å²) in [5.74, 6) is 0. The van der Waals surface area contributed by atoms with Gasteiger partial charge in [-0.2, -0.15) is 0 Å². The highest BCUT2D eigenvalue weighted by Gasteiger charge is 2.16. The van der Waals surface area contributed by atoms with Gasteiger partial charge < -0.3 is 16.2 Å². The number of pyridine rings is 1. The number of nitrogens with zero attached hydrogens (tertiary/aromatic N) is 1. The van der Waals surface area contributed by atoms with Crippen molar-refractivity contribution in [3.8, 4) is 0 Å². The van der Waals surface area contributed by atoms with Crippen LogP contribution in [0.25, 0.3) is 0 Å². The molecule has 0 bridgehead atoms. The third kappa shape index (κ3) is 2.88. The van der Waals surface area contributed by atoms with Crippen molar-refractivity contribution in [2.45, 2.75) is 25.9 Å². The van der Waals surface area contributed by atoms with Gasteiger partial charge in [-0.05, 0) is 19.4 Å². The van der Waals surface area contributed by atoms with E-state index in [1.54, 1.807) is 25.4 Å². The Bertz CT molecular complexity index is 299. The molecule has 0 radical (unpaired) electrons. The molecule has 0 saturated heterocycles. The van der Waals surface area contributed by atoms with Gasteiger partial charge >= 0.3 is 0 Å². The third-order valence-corrected chi connectivity index (χ3v) is 2.27. The second-order valence-corrected chi connectivity index (χ2v) is 3.67. The van der Waals surface area contributed by atoms with Gasteiger partial charge in [-0.1, -0.05) is 6.92 Å². The van der Waals surface area contributed by atoms with Crippen molar-refractivity contribution in [3.05, 3.63) is 18.5 Å². The summed E-state index contributed by atoms with van der Waals surface area (Å²) in [5.41, 5.74) is 6.40. The molecule has 0 aromatic carbocycles. The predicted molar refractivity (Wildman–Crippen MR) is 58.1 cm³/mol. The van der Waals surface area contributed by atoms with Gasteiger partial charge in [0.2, 0.25) is 0 Å². The molecule has 1 rings (SSSR count). The minimum Gasteiger partial charge on any atom is -0.396 e. The molecule has 0 aliphatic heterocycles. The van der Waals surface area contributed by atoms with Crippen molar-refractivity contribution < 1.29 is 5.11 Å². The highest BCUT2D eigenvalue weighted by molar-refractivity contribution is 5.64. The van der Waals surface area contributed by atoms with E-state index in [1.807, 2.05) is 6.92 Å². The van der Waals surface area contributed by atoms with Crippen molar-refractivity contribution >= 4 is 11.4 Å². The Labute approximate surface area is 84.2 Å². The molecule has 1 heterocycles. The van der Waals surface area contributed by atoms with Gasteiger partial charge in [-0.15, -0.1) is 0 Å². The molecule has 1 aromatic rings. The lowest BCUT2D eigenvalue weighted by molar-refractivity contribution is 0.0697. The molecular formula is C10H17N3O. The lowest BCUT2D eigenvalue weighted by Gasteiger charge is -2.22. The van der Waals surface area contributed by atoms with Gasteiger partial charge in [-0.3, -0.25) is 4.98 Å². The molecule has 4 N–H and O–H groups in total. The molecule has 0 amide bonds. The summed E-state index contributed by atoms with van der Waals surface area (Å²) in [5, 5.41) is 12.8. The molecule has 1 unspecified atom stereocenters. The molecule has 0 saturated carbocycles. The summed E-state index contributed by atoms with van der Waals surface area (Å²) >= 11 is 0. The van der Waals surface area contributed by atoms with Gasteiger partial charge in [0, 0.05) is 12.7 Å². The largest absolute Gasteiger partial charge is 0.396 e. The molecule has 1 aromatic heterocycles. The van der Waals surface area contributed by atoms with Crippen LogP contribution in [0.5, 0.6) is 0 Å². The molecule has 14 heavy (non-hydrogen) atoms. The summed E-state index contributed by atoms with van der Waals surface area (Å²) in [7, 11) is 0. The molecular weight excluding hydrogens is 178 g/mol. The first-order chi connectivity index (χ1) is 6.55. The number of nitrogen functional groups attached to an aromatic ring is 1. The van der Waals surface area contributed by atoms with E-state index in [-0.39, 0.29) is 0 Å². The first-order valence-electron chi connectivity index (χ1n) is 4.71. The van der Waals surface area contributed by atoms with Gasteiger partial charge in [0.05, 0.1) is 23.2 Å². The molecule has 0 aliphatic carbocycles. The van der Waals surface area contributed by atoms with Crippen LogP contribution >= 0.6 is 0 Å². The van der Waals surface area contributed by atoms with Crippen LogP contribution in [0, 0.1) is 0 Å². The van der Waals surface area contributed by atoms with Crippen molar-refractivity contribution in [2.75, 3.05) is 17.6 Å². The van der Waals surface area contributed by atoms with E-state index in [9.17, 15) is 5.11 Å². The first-order valence-corrected chi connectivity index (χ1v) is 4.71. The van der Waals surface area contributed by atoms with E-state index in [2.05, 4.69) is 10.3 Å². The minimum atomic E-state index is -0.699. The fourth-order valence-corrected chi connectivity index (χ4v) is 0.978. The Hall–Kier alpha value is -1.29. The second-order valence-electron chi connectivity index (χ2n) is 3.67. The highest BCUT2D eigenvalue weighted by atomic mass is 16.3. The van der Waals surface area contributed by atoms with Crippen LogP contribution < -0.4 is 11.1 Å². The highest BCUT2D eigenvalue weighted by Crippen LogP contribution is 2.17. The lowest BCUT2D eigenvalue weighted by atomic mass is 10.0. The fraction of sp³-hybridized carbons (Fsp3) is 0.500. The third-order valence-electron chi connectivity index (χ3n) is 2.27. The van der Waals surface area contributed by atoms with E-state index in [1.165, 1.54) is 0 Å². The van der Waals surface area contributed by atoms with E-state index in [4.69, 9.17) is 5.73 Å². The Morgan fingerprint density at radius 2 is 2.36 bits per heavy atom. The summed E-state index contributed by atoms with van der Waals surface area (Å²) in [4.78, 5) is 3.88. The van der Waals surface area contributed by atoms with Crippen molar-refractivity contribution in [2.24, 2.45) is 0 Å². The number of rotatable bonds is 4. The number of hydrogen-bond acceptors (Lipinski definition) is 4. The zero-order valence-corrected chi connectivity index (χ0v) is 8.62. The molecule has 78 valence electrons. The Kier molecular flexibility index (Phi) is 3.30. The van der Waals surface area contributed by atoms with Gasteiger partial charge in [0.15, 0.2) is 0 Å². The van der Waals surface area contributed by atoms with Crippen LogP contribution in [-0.2, 0) is 0 Å². The van der Waals surface area contributed by atoms with E-state index < -0.39 is 5.60 Å². The average molecular weight is 195 g/mol. The van der Waals surface area contributed by atoms with E-state index >= 15 is 0 Å². The molecule has 4 heteroatoms. The first kappa shape index (κ1) is 10.8. The van der Waals surface area contributed by atoms with Crippen molar-refractivity contribution in [3.63, 3.8) is 0 Å². The molecule has 4 nitrogen and oxygen atoms in total. The van der Waals surface area contributed by atoms with Gasteiger partial charge in [0.1, 0.15) is 0 Å². The zero-order valence-electron chi connectivity index (χ0n) is 8.62. The van der Waals surface area contributed by atoms with Crippen LogP contribution in [0.3, 0.4) is 0 Å². The van der Waals surface area contributed by atoms with Gasteiger partial charge in [0.25, 0.3) is 0 Å². The van der Waals surface area contributed by atoms with Crippen LogP contribution in [-0.4, -0.2) is 22.2 Å². The fourth-order valence-electron chi connectivity index (χ4n) is 0.978. The van der Waals surface area contributed by atoms with Crippen LogP contribution in [0.1, 0.15) is 20.3 Å². The maximum atomic E-state index is 9.76. The number of hydrogen-bond donors (Lipinski definition) is 3. The summed E-state index contributed by atoms with van der Waals surface area (Å²) in [6, 6.07) is 1.79. The minimum absolute atomic E-state index is 0.484. The Morgan fingerprint density at radius 3 is 2.93 bits per heavy atom. The quantitative estimate of drug-likeness (QED) is 0.676.